The van der Waals surface area contributed by atoms with Crippen LogP contribution in [0.15, 0.2) is 36.0 Å². The van der Waals surface area contributed by atoms with E-state index in [2.05, 4.69) is 0 Å². The topological polar surface area (TPSA) is 157 Å². The van der Waals surface area contributed by atoms with Gasteiger partial charge in [-0.25, -0.2) is 9.59 Å². The molecule has 3 N–H and O–H groups in total. The zero-order valence-electron chi connectivity index (χ0n) is 23.1. The van der Waals surface area contributed by atoms with Gasteiger partial charge >= 0.3 is 11.9 Å². The van der Waals surface area contributed by atoms with Gasteiger partial charge in [0.1, 0.15) is 36.1 Å². The molecule has 0 amide bonds. The smallest absolute Gasteiger partial charge is 0.338 e. The second-order valence-electron chi connectivity index (χ2n) is 12.5. The summed E-state index contributed by atoms with van der Waals surface area (Å²) in [6.07, 6.45) is 2.24. The number of ether oxygens (including phenoxy) is 6. The molecule has 0 unspecified atom stereocenters. The summed E-state index contributed by atoms with van der Waals surface area (Å²) in [6, 6.07) is 0. The fraction of sp³-hybridized carbons (Fsp3) is 0.724. The Morgan fingerprint density at radius 1 is 1.10 bits per heavy atom. The van der Waals surface area contributed by atoms with Gasteiger partial charge < -0.3 is 43.7 Å². The van der Waals surface area contributed by atoms with E-state index in [0.29, 0.717) is 13.0 Å². The summed E-state index contributed by atoms with van der Waals surface area (Å²) < 4.78 is 35.9. The van der Waals surface area contributed by atoms with Crippen molar-refractivity contribution < 1.29 is 53.3 Å². The molecule has 6 aliphatic rings. The number of hydrogen-bond acceptors (Lipinski definition) is 11. The summed E-state index contributed by atoms with van der Waals surface area (Å²) in [7, 11) is 0. The van der Waals surface area contributed by atoms with Gasteiger partial charge in [-0.05, 0) is 32.8 Å². The highest BCUT2D eigenvalue weighted by Gasteiger charge is 2.83. The highest BCUT2D eigenvalue weighted by atomic mass is 16.7. The molecular formula is C29H38O11. The maximum atomic E-state index is 13.3. The minimum absolute atomic E-state index is 0.134. The lowest BCUT2D eigenvalue weighted by atomic mass is 9.51. The minimum Gasteiger partial charge on any atom is -0.463 e. The monoisotopic (exact) mass is 562 g/mol. The first-order chi connectivity index (χ1) is 18.9. The van der Waals surface area contributed by atoms with Crippen LogP contribution in [-0.2, 0) is 38.0 Å². The molecule has 11 heteroatoms. The average Bonchev–Trinajstić information content (AvgIpc) is 3.81. The molecule has 40 heavy (non-hydrogen) atoms. The number of carbonyl (C=O) groups is 2. The standard InChI is InChI=1S/C29H38O11/c1-15-9-21-28(11-17(15)31)13-36-25(34)24-26(3,40-24)19(32)12-35-18(16(2)30)7-5-6-8-23(33)39-20-10-22(38-21)29(14-37-29)27(20,28)4/h5-9,16-22,24,30-32H,10-14H2,1-4H3/b7-5+,8-6-/t16-,17-,18-,19+,20-,21-,22-,24-,26-,27-,28-,29+/m1/s1. The van der Waals surface area contributed by atoms with Gasteiger partial charge in [-0.3, -0.25) is 0 Å². The Morgan fingerprint density at radius 3 is 2.55 bits per heavy atom. The lowest BCUT2D eigenvalue weighted by Gasteiger charge is -2.58. The average molecular weight is 563 g/mol. The van der Waals surface area contributed by atoms with Crippen LogP contribution in [0.1, 0.15) is 40.5 Å². The van der Waals surface area contributed by atoms with Crippen LogP contribution in [0.2, 0.25) is 0 Å². The van der Waals surface area contributed by atoms with Crippen molar-refractivity contribution in [1.29, 1.82) is 0 Å². The number of epoxide rings is 2. The van der Waals surface area contributed by atoms with E-state index < -0.39 is 76.7 Å². The SMILES string of the molecule is CC1=C[C@H]2O[C@@H]3C[C@H]4OC(=O)/C=C\C=C\[C@H]([C@@H](C)O)OC[C@H](O)[C@@]5(C)O[C@@H]5C(=O)OC[C@@]2(C[C@H]1O)[C@]4(C)[C@]31CO1. The number of rotatable bonds is 1. The largest absolute Gasteiger partial charge is 0.463 e. The lowest BCUT2D eigenvalue weighted by Crippen LogP contribution is -2.68. The Bertz CT molecular complexity index is 1160. The van der Waals surface area contributed by atoms with Crippen molar-refractivity contribution in [2.75, 3.05) is 19.8 Å². The molecular weight excluding hydrogens is 524 g/mol. The van der Waals surface area contributed by atoms with Gasteiger partial charge in [0.05, 0.1) is 43.0 Å². The second-order valence-corrected chi connectivity index (χ2v) is 12.5. The van der Waals surface area contributed by atoms with Crippen LogP contribution in [0.4, 0.5) is 0 Å². The van der Waals surface area contributed by atoms with Crippen molar-refractivity contribution in [2.45, 2.75) is 101 Å². The summed E-state index contributed by atoms with van der Waals surface area (Å²) >= 11 is 0. The van der Waals surface area contributed by atoms with Crippen molar-refractivity contribution in [1.82, 2.24) is 0 Å². The Labute approximate surface area is 232 Å². The van der Waals surface area contributed by atoms with Crippen LogP contribution in [-0.4, -0.2) is 107 Å². The normalized spacial score (nSPS) is 52.6. The number of carbonyl (C=O) groups excluding carboxylic acids is 2. The Kier molecular flexibility index (Phi) is 6.62. The van der Waals surface area contributed by atoms with E-state index in [0.717, 1.165) is 5.57 Å². The third-order valence-electron chi connectivity index (χ3n) is 10.3. The Balaban J connectivity index is 1.38. The third kappa shape index (κ3) is 3.97. The van der Waals surface area contributed by atoms with E-state index >= 15 is 0 Å². The third-order valence-corrected chi connectivity index (χ3v) is 10.3. The number of esters is 2. The fourth-order valence-electron chi connectivity index (χ4n) is 7.38. The van der Waals surface area contributed by atoms with E-state index in [1.807, 2.05) is 19.9 Å². The molecule has 4 heterocycles. The zero-order valence-corrected chi connectivity index (χ0v) is 23.1. The van der Waals surface area contributed by atoms with Gasteiger partial charge in [0.2, 0.25) is 0 Å². The molecule has 1 saturated carbocycles. The van der Waals surface area contributed by atoms with Gasteiger partial charge in [-0.15, -0.1) is 0 Å². The molecule has 2 aliphatic carbocycles. The van der Waals surface area contributed by atoms with Gasteiger partial charge in [-0.2, -0.15) is 0 Å². The summed E-state index contributed by atoms with van der Waals surface area (Å²) in [5, 5.41) is 31.9. The molecule has 12 atom stereocenters. The van der Waals surface area contributed by atoms with E-state index in [9.17, 15) is 24.9 Å². The molecule has 4 aliphatic heterocycles. The van der Waals surface area contributed by atoms with Crippen LogP contribution in [0.5, 0.6) is 0 Å². The highest BCUT2D eigenvalue weighted by molar-refractivity contribution is 5.82. The fourth-order valence-corrected chi connectivity index (χ4v) is 7.38. The maximum absolute atomic E-state index is 13.3. The van der Waals surface area contributed by atoms with Crippen molar-refractivity contribution >= 4 is 11.9 Å². The summed E-state index contributed by atoms with van der Waals surface area (Å²) in [4.78, 5) is 26.3. The van der Waals surface area contributed by atoms with Gasteiger partial charge in [0.25, 0.3) is 0 Å². The molecule has 11 nitrogen and oxygen atoms in total. The molecule has 6 rings (SSSR count). The first-order valence-corrected chi connectivity index (χ1v) is 13.9. The first-order valence-electron chi connectivity index (χ1n) is 13.9. The molecule has 3 saturated heterocycles. The summed E-state index contributed by atoms with van der Waals surface area (Å²) in [5.74, 6) is -1.23. The van der Waals surface area contributed by atoms with Crippen LogP contribution in [0.3, 0.4) is 0 Å². The molecule has 0 radical (unpaired) electrons. The molecule has 220 valence electrons. The van der Waals surface area contributed by atoms with E-state index in [1.165, 1.54) is 12.2 Å². The van der Waals surface area contributed by atoms with Crippen molar-refractivity contribution in [2.24, 2.45) is 10.8 Å². The number of aliphatic hydroxyl groups is 3. The van der Waals surface area contributed by atoms with Gasteiger partial charge in [0, 0.05) is 17.9 Å². The molecule has 0 aromatic carbocycles. The quantitative estimate of drug-likeness (QED) is 0.232. The zero-order chi connectivity index (χ0) is 28.7. The Hall–Kier alpha value is -2.12. The van der Waals surface area contributed by atoms with E-state index in [1.54, 1.807) is 26.0 Å². The van der Waals surface area contributed by atoms with E-state index in [4.69, 9.17) is 28.4 Å². The number of fused-ring (bicyclic) bond motifs is 1. The first kappa shape index (κ1) is 28.0. The van der Waals surface area contributed by atoms with Crippen molar-refractivity contribution in [3.63, 3.8) is 0 Å². The number of hydrogen-bond donors (Lipinski definition) is 3. The highest BCUT2D eigenvalue weighted by Crippen LogP contribution is 2.72. The molecule has 4 fully saturated rings. The molecule has 2 spiro atoms. The number of allylic oxidation sites excluding steroid dienone is 2. The minimum atomic E-state index is -1.22. The van der Waals surface area contributed by atoms with Crippen molar-refractivity contribution in [3.05, 3.63) is 36.0 Å². The van der Waals surface area contributed by atoms with Crippen LogP contribution >= 0.6 is 0 Å². The predicted molar refractivity (Wildman–Crippen MR) is 137 cm³/mol. The number of cyclic esters (lactones) is 1. The van der Waals surface area contributed by atoms with E-state index in [-0.39, 0.29) is 25.7 Å². The lowest BCUT2D eigenvalue weighted by molar-refractivity contribution is -0.239. The summed E-state index contributed by atoms with van der Waals surface area (Å²) in [6.45, 7) is 7.03. The maximum Gasteiger partial charge on any atom is 0.338 e. The molecule has 0 aromatic heterocycles. The van der Waals surface area contributed by atoms with Gasteiger partial charge in [-0.1, -0.05) is 31.2 Å². The van der Waals surface area contributed by atoms with Crippen LogP contribution in [0.25, 0.3) is 0 Å². The van der Waals surface area contributed by atoms with Crippen LogP contribution < -0.4 is 0 Å². The summed E-state index contributed by atoms with van der Waals surface area (Å²) in [5.41, 5.74) is -3.03. The molecule has 0 aromatic rings. The van der Waals surface area contributed by atoms with Crippen LogP contribution in [0, 0.1) is 10.8 Å². The van der Waals surface area contributed by atoms with Gasteiger partial charge in [0.15, 0.2) is 6.10 Å². The second kappa shape index (κ2) is 9.45. The Morgan fingerprint density at radius 2 is 1.85 bits per heavy atom. The molecule has 2 bridgehead atoms. The van der Waals surface area contributed by atoms with Crippen molar-refractivity contribution in [3.8, 4) is 0 Å². The predicted octanol–water partition coefficient (Wildman–Crippen LogP) is 0.496. The number of aliphatic hydroxyl groups excluding tert-OH is 3.